The van der Waals surface area contributed by atoms with Gasteiger partial charge in [-0.1, -0.05) is 11.3 Å². The van der Waals surface area contributed by atoms with Gasteiger partial charge in [0.05, 0.1) is 31.1 Å². The standard InChI is InChI=1S/C23H23F2N7OS/c1-30(2)23-29-21-20(34-23)19(16-6-3-14(24)9-17(16)25)27-22(28-21)31-7-8-33-18(12-31)13-10-26-32(11-13)15-4-5-15/h3,6,9-11,15,18H,4-5,7-8,12H2,1-2H3. The van der Waals surface area contributed by atoms with Gasteiger partial charge < -0.3 is 14.5 Å². The molecule has 4 heterocycles. The smallest absolute Gasteiger partial charge is 0.228 e. The van der Waals surface area contributed by atoms with Crippen molar-refractivity contribution >= 4 is 32.8 Å². The fraction of sp³-hybridized carbons (Fsp3) is 0.391. The van der Waals surface area contributed by atoms with E-state index in [1.807, 2.05) is 34.8 Å². The third-order valence-corrected chi connectivity index (χ3v) is 7.28. The number of ether oxygens (including phenoxy) is 1. The van der Waals surface area contributed by atoms with Crippen LogP contribution in [0.3, 0.4) is 0 Å². The van der Waals surface area contributed by atoms with E-state index in [0.29, 0.717) is 47.7 Å². The van der Waals surface area contributed by atoms with Crippen LogP contribution in [0, 0.1) is 11.6 Å². The molecule has 11 heteroatoms. The summed E-state index contributed by atoms with van der Waals surface area (Å²) in [6.07, 6.45) is 6.08. The largest absolute Gasteiger partial charge is 0.370 e. The Kier molecular flexibility index (Phi) is 5.18. The van der Waals surface area contributed by atoms with E-state index in [1.165, 1.54) is 23.5 Å². The molecule has 34 heavy (non-hydrogen) atoms. The van der Waals surface area contributed by atoms with E-state index in [9.17, 15) is 8.78 Å². The average Bonchev–Trinajstić information content (AvgIpc) is 3.38. The molecule has 1 aromatic carbocycles. The highest BCUT2D eigenvalue weighted by molar-refractivity contribution is 7.22. The Bertz CT molecular complexity index is 1370. The summed E-state index contributed by atoms with van der Waals surface area (Å²) in [5.41, 5.74) is 2.14. The van der Waals surface area contributed by atoms with Crippen molar-refractivity contribution in [2.75, 3.05) is 43.6 Å². The van der Waals surface area contributed by atoms with E-state index in [-0.39, 0.29) is 11.7 Å². The number of anilines is 2. The first-order chi connectivity index (χ1) is 16.5. The lowest BCUT2D eigenvalue weighted by molar-refractivity contribution is 0.0392. The Morgan fingerprint density at radius 3 is 2.76 bits per heavy atom. The lowest BCUT2D eigenvalue weighted by atomic mass is 10.1. The number of fused-ring (bicyclic) bond motifs is 1. The van der Waals surface area contributed by atoms with Crippen LogP contribution in [-0.2, 0) is 4.74 Å². The average molecular weight is 484 g/mol. The SMILES string of the molecule is CN(C)c1nc2nc(N3CCOC(c4cnn(C5CC5)c4)C3)nc(-c3ccc(F)cc3F)c2s1. The normalized spacial score (nSPS) is 18.6. The summed E-state index contributed by atoms with van der Waals surface area (Å²) in [4.78, 5) is 18.0. The van der Waals surface area contributed by atoms with Gasteiger partial charge in [-0.05, 0) is 25.0 Å². The summed E-state index contributed by atoms with van der Waals surface area (Å²) < 4.78 is 37.1. The summed E-state index contributed by atoms with van der Waals surface area (Å²) in [7, 11) is 3.77. The molecule has 176 valence electrons. The van der Waals surface area contributed by atoms with E-state index in [4.69, 9.17) is 14.7 Å². The van der Waals surface area contributed by atoms with Crippen LogP contribution in [0.2, 0.25) is 0 Å². The Hall–Kier alpha value is -3.18. The molecule has 4 aromatic rings. The highest BCUT2D eigenvalue weighted by Gasteiger charge is 2.29. The zero-order chi connectivity index (χ0) is 23.4. The van der Waals surface area contributed by atoms with Gasteiger partial charge >= 0.3 is 0 Å². The first-order valence-electron chi connectivity index (χ1n) is 11.2. The van der Waals surface area contributed by atoms with Gasteiger partial charge in [-0.2, -0.15) is 15.1 Å². The third kappa shape index (κ3) is 3.88. The number of nitrogens with zero attached hydrogens (tertiary/aromatic N) is 7. The van der Waals surface area contributed by atoms with Crippen molar-refractivity contribution in [1.82, 2.24) is 24.7 Å². The second kappa shape index (κ2) is 8.24. The molecule has 2 aliphatic rings. The van der Waals surface area contributed by atoms with E-state index < -0.39 is 11.6 Å². The number of halogens is 2. The molecule has 1 atom stereocenters. The van der Waals surface area contributed by atoms with E-state index in [0.717, 1.165) is 29.6 Å². The first-order valence-corrected chi connectivity index (χ1v) is 12.0. The summed E-state index contributed by atoms with van der Waals surface area (Å²) in [6, 6.07) is 4.03. The molecule has 1 saturated heterocycles. The molecule has 3 aromatic heterocycles. The molecule has 1 aliphatic heterocycles. The molecule has 0 amide bonds. The van der Waals surface area contributed by atoms with Crippen molar-refractivity contribution < 1.29 is 13.5 Å². The van der Waals surface area contributed by atoms with Crippen LogP contribution >= 0.6 is 11.3 Å². The maximum atomic E-state index is 14.8. The van der Waals surface area contributed by atoms with Crippen LogP contribution in [-0.4, -0.2) is 58.5 Å². The van der Waals surface area contributed by atoms with Crippen molar-refractivity contribution in [2.24, 2.45) is 0 Å². The molecule has 0 spiro atoms. The van der Waals surface area contributed by atoms with Gasteiger partial charge in [-0.25, -0.2) is 13.8 Å². The Balaban J connectivity index is 1.39. The number of morpholine rings is 1. The van der Waals surface area contributed by atoms with Crippen molar-refractivity contribution in [3.63, 3.8) is 0 Å². The van der Waals surface area contributed by atoms with E-state index in [2.05, 4.69) is 16.3 Å². The van der Waals surface area contributed by atoms with Gasteiger partial charge in [0, 0.05) is 44.0 Å². The lowest BCUT2D eigenvalue weighted by Gasteiger charge is -2.32. The van der Waals surface area contributed by atoms with Gasteiger partial charge in [0.1, 0.15) is 22.4 Å². The number of hydrogen-bond donors (Lipinski definition) is 0. The monoisotopic (exact) mass is 483 g/mol. The van der Waals surface area contributed by atoms with Gasteiger partial charge in [-0.3, -0.25) is 4.68 Å². The van der Waals surface area contributed by atoms with Crippen LogP contribution in [0.1, 0.15) is 30.6 Å². The van der Waals surface area contributed by atoms with Crippen molar-refractivity contribution in [2.45, 2.75) is 25.0 Å². The number of thiazole rings is 1. The van der Waals surface area contributed by atoms with Gasteiger partial charge in [0.2, 0.25) is 5.95 Å². The Morgan fingerprint density at radius 1 is 1.15 bits per heavy atom. The maximum absolute atomic E-state index is 14.8. The highest BCUT2D eigenvalue weighted by atomic mass is 32.1. The molecule has 0 bridgehead atoms. The molecule has 1 aliphatic carbocycles. The number of hydrogen-bond acceptors (Lipinski definition) is 8. The number of aromatic nitrogens is 5. The fourth-order valence-electron chi connectivity index (χ4n) is 4.09. The van der Waals surface area contributed by atoms with Crippen molar-refractivity contribution in [3.8, 4) is 11.3 Å². The zero-order valence-electron chi connectivity index (χ0n) is 18.8. The summed E-state index contributed by atoms with van der Waals surface area (Å²) in [5, 5.41) is 5.22. The van der Waals surface area contributed by atoms with E-state index >= 15 is 0 Å². The quantitative estimate of drug-likeness (QED) is 0.421. The summed E-state index contributed by atoms with van der Waals surface area (Å²) in [5.74, 6) is -0.851. The fourth-order valence-corrected chi connectivity index (χ4v) is 5.02. The molecule has 2 fully saturated rings. The molecular weight excluding hydrogens is 460 g/mol. The topological polar surface area (TPSA) is 72.2 Å². The lowest BCUT2D eigenvalue weighted by Crippen LogP contribution is -2.39. The van der Waals surface area contributed by atoms with Crippen LogP contribution in [0.4, 0.5) is 19.9 Å². The van der Waals surface area contributed by atoms with Crippen molar-refractivity contribution in [1.29, 1.82) is 0 Å². The van der Waals surface area contributed by atoms with Gasteiger partial charge in [0.25, 0.3) is 0 Å². The van der Waals surface area contributed by atoms with Gasteiger partial charge in [-0.15, -0.1) is 0 Å². The maximum Gasteiger partial charge on any atom is 0.228 e. The highest BCUT2D eigenvalue weighted by Crippen LogP contribution is 2.38. The number of rotatable bonds is 5. The van der Waals surface area contributed by atoms with E-state index in [1.54, 1.807) is 0 Å². The Morgan fingerprint density at radius 2 is 2.00 bits per heavy atom. The zero-order valence-corrected chi connectivity index (χ0v) is 19.6. The van der Waals surface area contributed by atoms with Crippen LogP contribution in [0.15, 0.2) is 30.6 Å². The van der Waals surface area contributed by atoms with Gasteiger partial charge in [0.15, 0.2) is 10.8 Å². The molecular formula is C23H23F2N7OS. The van der Waals surface area contributed by atoms with Crippen LogP contribution < -0.4 is 9.80 Å². The minimum atomic E-state index is -0.668. The van der Waals surface area contributed by atoms with Crippen LogP contribution in [0.5, 0.6) is 0 Å². The molecule has 1 unspecified atom stereocenters. The molecule has 8 nitrogen and oxygen atoms in total. The summed E-state index contributed by atoms with van der Waals surface area (Å²) in [6.45, 7) is 1.63. The Labute approximate surface area is 198 Å². The first kappa shape index (κ1) is 21.4. The second-order valence-corrected chi connectivity index (χ2v) is 9.81. The molecule has 0 radical (unpaired) electrons. The molecule has 0 N–H and O–H groups in total. The van der Waals surface area contributed by atoms with Crippen molar-refractivity contribution in [3.05, 3.63) is 47.8 Å². The minimum absolute atomic E-state index is 0.167. The predicted molar refractivity (Wildman–Crippen MR) is 126 cm³/mol. The number of benzene rings is 1. The second-order valence-electron chi connectivity index (χ2n) is 8.83. The minimum Gasteiger partial charge on any atom is -0.370 e. The molecule has 1 saturated carbocycles. The summed E-state index contributed by atoms with van der Waals surface area (Å²) >= 11 is 1.38. The predicted octanol–water partition coefficient (Wildman–Crippen LogP) is 4.21. The van der Waals surface area contributed by atoms with Crippen LogP contribution in [0.25, 0.3) is 21.6 Å². The molecule has 6 rings (SSSR count). The third-order valence-electron chi connectivity index (χ3n) is 6.06.